The molecule has 1 rings (SSSR count). The van der Waals surface area contributed by atoms with Gasteiger partial charge >= 0.3 is 12.3 Å². The average molecular weight is 279 g/mol. The highest BCUT2D eigenvalue weighted by Crippen LogP contribution is 2.31. The van der Waals surface area contributed by atoms with Crippen molar-refractivity contribution in [3.8, 4) is 11.6 Å². The number of carbonyl (C=O) groups excluding carboxylic acids is 1. The predicted octanol–water partition coefficient (Wildman–Crippen LogP) is 2.47. The lowest BCUT2D eigenvalue weighted by Crippen LogP contribution is -2.21. The Morgan fingerprint density at radius 2 is 2.05 bits per heavy atom. The average Bonchev–Trinajstić information content (AvgIpc) is 2.30. The van der Waals surface area contributed by atoms with Crippen molar-refractivity contribution in [1.82, 2.24) is 4.98 Å². The van der Waals surface area contributed by atoms with Gasteiger partial charge in [0.05, 0.1) is 19.4 Å². The molecule has 0 atom stereocenters. The third-order valence-electron chi connectivity index (χ3n) is 2.04. The molecule has 0 fully saturated rings. The number of aromatic nitrogens is 1. The Morgan fingerprint density at radius 1 is 1.42 bits per heavy atom. The van der Waals surface area contributed by atoms with Crippen LogP contribution < -0.4 is 9.47 Å². The second-order valence-electron chi connectivity index (χ2n) is 3.39. The first kappa shape index (κ1) is 15.1. The Balaban J connectivity index is 3.29. The van der Waals surface area contributed by atoms with Gasteiger partial charge in [-0.25, -0.2) is 9.78 Å². The van der Waals surface area contributed by atoms with Gasteiger partial charge in [-0.15, -0.1) is 13.2 Å². The molecule has 0 saturated heterocycles. The number of hydrogen-bond donors (Lipinski definition) is 0. The third-order valence-corrected chi connectivity index (χ3v) is 2.04. The molecule has 0 unspecified atom stereocenters. The summed E-state index contributed by atoms with van der Waals surface area (Å²) in [6, 6.07) is 1.03. The molecule has 1 heterocycles. The van der Waals surface area contributed by atoms with Gasteiger partial charge in [0.2, 0.25) is 5.88 Å². The minimum atomic E-state index is -4.93. The first-order valence-corrected chi connectivity index (χ1v) is 5.27. The quantitative estimate of drug-likeness (QED) is 0.792. The standard InChI is InChI=1S/C11H12F3NO4/c1-4-18-10(16)7-5-8(17-3)15-6(2)9(7)19-11(12,13)14/h5H,4H2,1-3H3. The molecule has 0 aliphatic heterocycles. The van der Waals surface area contributed by atoms with Gasteiger partial charge < -0.3 is 14.2 Å². The molecule has 19 heavy (non-hydrogen) atoms. The summed E-state index contributed by atoms with van der Waals surface area (Å²) in [6.07, 6.45) is -4.93. The number of ether oxygens (including phenoxy) is 3. The molecule has 5 nitrogen and oxygen atoms in total. The minimum Gasteiger partial charge on any atom is -0.481 e. The van der Waals surface area contributed by atoms with Gasteiger partial charge in [-0.2, -0.15) is 0 Å². The van der Waals surface area contributed by atoms with Crippen molar-refractivity contribution >= 4 is 5.97 Å². The number of esters is 1. The summed E-state index contributed by atoms with van der Waals surface area (Å²) in [5, 5.41) is 0. The maximum Gasteiger partial charge on any atom is 0.573 e. The largest absolute Gasteiger partial charge is 0.573 e. The molecular formula is C11H12F3NO4. The number of alkyl halides is 3. The number of nitrogens with zero attached hydrogens (tertiary/aromatic N) is 1. The topological polar surface area (TPSA) is 57.7 Å². The summed E-state index contributed by atoms with van der Waals surface area (Å²) in [5.74, 6) is -1.63. The smallest absolute Gasteiger partial charge is 0.481 e. The first-order valence-electron chi connectivity index (χ1n) is 5.27. The molecule has 106 valence electrons. The van der Waals surface area contributed by atoms with Crippen LogP contribution in [0.4, 0.5) is 13.2 Å². The molecular weight excluding hydrogens is 267 g/mol. The van der Waals surface area contributed by atoms with Crippen molar-refractivity contribution in [2.24, 2.45) is 0 Å². The first-order chi connectivity index (χ1) is 8.78. The monoisotopic (exact) mass is 279 g/mol. The zero-order chi connectivity index (χ0) is 14.6. The van der Waals surface area contributed by atoms with E-state index in [0.717, 1.165) is 6.07 Å². The van der Waals surface area contributed by atoms with Crippen LogP contribution in [0.25, 0.3) is 0 Å². The van der Waals surface area contributed by atoms with Crippen LogP contribution in [0.3, 0.4) is 0 Å². The van der Waals surface area contributed by atoms with Crippen LogP contribution in [0.2, 0.25) is 0 Å². The highest BCUT2D eigenvalue weighted by atomic mass is 19.4. The van der Waals surface area contributed by atoms with E-state index in [9.17, 15) is 18.0 Å². The van der Waals surface area contributed by atoms with Crippen LogP contribution in [0.1, 0.15) is 23.0 Å². The molecule has 8 heteroatoms. The van der Waals surface area contributed by atoms with Gasteiger partial charge in [0, 0.05) is 6.07 Å². The Hall–Kier alpha value is -1.99. The van der Waals surface area contributed by atoms with Crippen LogP contribution in [-0.2, 0) is 4.74 Å². The van der Waals surface area contributed by atoms with E-state index in [4.69, 9.17) is 4.74 Å². The minimum absolute atomic E-state index is 0.00456. The second-order valence-corrected chi connectivity index (χ2v) is 3.39. The maximum absolute atomic E-state index is 12.3. The van der Waals surface area contributed by atoms with Gasteiger partial charge in [0.1, 0.15) is 5.56 Å². The van der Waals surface area contributed by atoms with E-state index in [1.54, 1.807) is 0 Å². The zero-order valence-corrected chi connectivity index (χ0v) is 10.5. The summed E-state index contributed by atoms with van der Waals surface area (Å²) >= 11 is 0. The zero-order valence-electron chi connectivity index (χ0n) is 10.5. The number of hydrogen-bond acceptors (Lipinski definition) is 5. The summed E-state index contributed by atoms with van der Waals surface area (Å²) in [5.41, 5.74) is -0.511. The van der Waals surface area contributed by atoms with Gasteiger partial charge in [-0.3, -0.25) is 0 Å². The van der Waals surface area contributed by atoms with E-state index in [1.807, 2.05) is 0 Å². The number of pyridine rings is 1. The molecule has 0 saturated carbocycles. The van der Waals surface area contributed by atoms with Crippen LogP contribution in [0, 0.1) is 6.92 Å². The molecule has 0 amide bonds. The molecule has 0 N–H and O–H groups in total. The van der Waals surface area contributed by atoms with E-state index in [0.29, 0.717) is 0 Å². The molecule has 1 aromatic rings. The molecule has 0 bridgehead atoms. The lowest BCUT2D eigenvalue weighted by atomic mass is 10.2. The summed E-state index contributed by atoms with van der Waals surface area (Å²) in [7, 11) is 1.28. The van der Waals surface area contributed by atoms with E-state index >= 15 is 0 Å². The highest BCUT2D eigenvalue weighted by Gasteiger charge is 2.34. The number of rotatable bonds is 4. The van der Waals surface area contributed by atoms with E-state index in [1.165, 1.54) is 21.0 Å². The van der Waals surface area contributed by atoms with Crippen LogP contribution in [0.15, 0.2) is 6.07 Å². The molecule has 0 radical (unpaired) electrons. The SMILES string of the molecule is CCOC(=O)c1cc(OC)nc(C)c1OC(F)(F)F. The molecule has 0 aliphatic carbocycles. The van der Waals surface area contributed by atoms with Gasteiger partial charge in [0.25, 0.3) is 0 Å². The molecule has 0 spiro atoms. The Labute approximate surface area is 107 Å². The summed E-state index contributed by atoms with van der Waals surface area (Å²) in [4.78, 5) is 15.3. The van der Waals surface area contributed by atoms with Crippen LogP contribution >= 0.6 is 0 Å². The Kier molecular flexibility index (Phi) is 4.57. The number of aryl methyl sites for hydroxylation is 1. The molecule has 0 aromatic carbocycles. The van der Waals surface area contributed by atoms with Crippen molar-refractivity contribution in [2.75, 3.05) is 13.7 Å². The number of carbonyl (C=O) groups is 1. The number of halogens is 3. The maximum atomic E-state index is 12.3. The second kappa shape index (κ2) is 5.77. The summed E-state index contributed by atoms with van der Waals surface area (Å²) in [6.45, 7) is 2.83. The van der Waals surface area contributed by atoms with Crippen molar-refractivity contribution in [1.29, 1.82) is 0 Å². The lowest BCUT2D eigenvalue weighted by molar-refractivity contribution is -0.275. The Bertz CT molecular complexity index is 474. The normalized spacial score (nSPS) is 11.1. The number of methoxy groups -OCH3 is 1. The van der Waals surface area contributed by atoms with Crippen molar-refractivity contribution in [3.05, 3.63) is 17.3 Å². The van der Waals surface area contributed by atoms with Gasteiger partial charge in [-0.1, -0.05) is 0 Å². The lowest BCUT2D eigenvalue weighted by Gasteiger charge is -2.15. The summed E-state index contributed by atoms with van der Waals surface area (Å²) < 4.78 is 50.2. The van der Waals surface area contributed by atoms with Crippen molar-refractivity contribution in [2.45, 2.75) is 20.2 Å². The highest BCUT2D eigenvalue weighted by molar-refractivity contribution is 5.93. The van der Waals surface area contributed by atoms with E-state index in [2.05, 4.69) is 14.5 Å². The van der Waals surface area contributed by atoms with Gasteiger partial charge in [-0.05, 0) is 13.8 Å². The van der Waals surface area contributed by atoms with Crippen LogP contribution in [0.5, 0.6) is 11.6 Å². The Morgan fingerprint density at radius 3 is 2.53 bits per heavy atom. The predicted molar refractivity (Wildman–Crippen MR) is 58.2 cm³/mol. The van der Waals surface area contributed by atoms with Crippen molar-refractivity contribution < 1.29 is 32.2 Å². The fourth-order valence-corrected chi connectivity index (χ4v) is 1.34. The molecule has 0 aliphatic rings. The third kappa shape index (κ3) is 4.01. The van der Waals surface area contributed by atoms with E-state index in [-0.39, 0.29) is 23.7 Å². The van der Waals surface area contributed by atoms with Gasteiger partial charge in [0.15, 0.2) is 5.75 Å². The van der Waals surface area contributed by atoms with Crippen LogP contribution in [-0.4, -0.2) is 31.0 Å². The fraction of sp³-hybridized carbons (Fsp3) is 0.455. The fourth-order valence-electron chi connectivity index (χ4n) is 1.34. The van der Waals surface area contributed by atoms with Crippen molar-refractivity contribution in [3.63, 3.8) is 0 Å². The molecule has 1 aromatic heterocycles. The van der Waals surface area contributed by atoms with E-state index < -0.39 is 18.1 Å².